The quantitative estimate of drug-likeness (QED) is 0.0656. The van der Waals surface area contributed by atoms with E-state index in [9.17, 15) is 40.1 Å². The zero-order chi connectivity index (χ0) is 27.1. The first-order valence-electron chi connectivity index (χ1n) is 13.2. The van der Waals surface area contributed by atoms with Crippen LogP contribution in [0.5, 0.6) is 0 Å². The topological polar surface area (TPSA) is 208 Å². The van der Waals surface area contributed by atoms with E-state index in [1.807, 2.05) is 6.08 Å². The van der Waals surface area contributed by atoms with Crippen LogP contribution in [0.2, 0.25) is 0 Å². The van der Waals surface area contributed by atoms with E-state index < -0.39 is 63.2 Å². The molecule has 0 amide bonds. The summed E-state index contributed by atoms with van der Waals surface area (Å²) in [5, 5.41) is 58.8. The highest BCUT2D eigenvalue weighted by molar-refractivity contribution is 7.45. The number of phosphoric acid groups is 1. The predicted molar refractivity (Wildman–Crippen MR) is 131 cm³/mol. The number of unbranched alkanes of at least 4 members (excludes halogenated alkanes) is 11. The van der Waals surface area contributed by atoms with Crippen molar-refractivity contribution in [1.29, 1.82) is 0 Å². The van der Waals surface area contributed by atoms with Gasteiger partial charge in [-0.15, -0.1) is 0 Å². The zero-order valence-electron chi connectivity index (χ0n) is 21.4. The molecule has 11 nitrogen and oxygen atoms in total. The second kappa shape index (κ2) is 18.0. The van der Waals surface area contributed by atoms with E-state index in [0.717, 1.165) is 19.3 Å². The number of aliphatic hydroxyl groups excluding tert-OH is 6. The molecule has 0 spiro atoms. The molecule has 1 aliphatic carbocycles. The van der Waals surface area contributed by atoms with E-state index in [1.165, 1.54) is 63.9 Å². The van der Waals surface area contributed by atoms with E-state index in [1.54, 1.807) is 0 Å². The van der Waals surface area contributed by atoms with Gasteiger partial charge < -0.3 is 50.3 Å². The van der Waals surface area contributed by atoms with Crippen molar-refractivity contribution in [3.05, 3.63) is 12.2 Å². The number of quaternary nitrogens is 1. The van der Waals surface area contributed by atoms with Crippen LogP contribution in [0.3, 0.4) is 0 Å². The maximum atomic E-state index is 12.1. The van der Waals surface area contributed by atoms with Gasteiger partial charge in [-0.1, -0.05) is 83.3 Å². The van der Waals surface area contributed by atoms with Gasteiger partial charge in [0, 0.05) is 0 Å². The molecule has 0 bridgehead atoms. The third-order valence-corrected chi connectivity index (χ3v) is 7.53. The SMILES string of the molecule is CCCCCCCCCCCCC/C=C/[C@@H](O)[C@@H]([NH3+])COP(=O)([O-])OC1C(O)C(O)C(O)[C@H](O)C1O. The fraction of sp³-hybridized carbons (Fsp3) is 0.917. The fourth-order valence-corrected chi connectivity index (χ4v) is 5.09. The summed E-state index contributed by atoms with van der Waals surface area (Å²) >= 11 is 0. The van der Waals surface area contributed by atoms with E-state index in [2.05, 4.69) is 17.2 Å². The molecule has 9 atom stereocenters. The minimum Gasteiger partial charge on any atom is -0.756 e. The molecular formula is C24H48NO10P. The summed E-state index contributed by atoms with van der Waals surface area (Å²) in [5.41, 5.74) is 3.68. The van der Waals surface area contributed by atoms with Crippen LogP contribution in [0.4, 0.5) is 0 Å². The molecule has 12 heteroatoms. The molecule has 0 heterocycles. The van der Waals surface area contributed by atoms with Gasteiger partial charge in [0.05, 0.1) is 0 Å². The molecule has 6 unspecified atom stereocenters. The van der Waals surface area contributed by atoms with Crippen LogP contribution in [0.15, 0.2) is 12.2 Å². The van der Waals surface area contributed by atoms with Crippen molar-refractivity contribution in [1.82, 2.24) is 0 Å². The monoisotopic (exact) mass is 541 g/mol. The smallest absolute Gasteiger partial charge is 0.268 e. The first-order valence-corrected chi connectivity index (χ1v) is 14.7. The summed E-state index contributed by atoms with van der Waals surface area (Å²) in [6.07, 6.45) is 5.19. The van der Waals surface area contributed by atoms with Gasteiger partial charge in [0.25, 0.3) is 7.82 Å². The average Bonchev–Trinajstić information content (AvgIpc) is 2.85. The predicted octanol–water partition coefficient (Wildman–Crippen LogP) is -0.0966. The Kier molecular flexibility index (Phi) is 16.8. The Hall–Kier alpha value is -0.430. The van der Waals surface area contributed by atoms with Crippen molar-refractivity contribution in [2.24, 2.45) is 0 Å². The highest BCUT2D eigenvalue weighted by atomic mass is 31.2. The minimum absolute atomic E-state index is 0.530. The van der Waals surface area contributed by atoms with Crippen molar-refractivity contribution < 1.29 is 54.9 Å². The molecular weight excluding hydrogens is 493 g/mol. The van der Waals surface area contributed by atoms with E-state index in [0.29, 0.717) is 0 Å². The number of hydrogen-bond acceptors (Lipinski definition) is 10. The molecule has 1 rings (SSSR count). The Morgan fingerprint density at radius 2 is 1.28 bits per heavy atom. The van der Waals surface area contributed by atoms with Crippen LogP contribution in [0.25, 0.3) is 0 Å². The lowest BCUT2D eigenvalue weighted by molar-refractivity contribution is -0.439. The van der Waals surface area contributed by atoms with Crippen molar-refractivity contribution in [2.75, 3.05) is 6.61 Å². The number of hydrogen-bond donors (Lipinski definition) is 7. The molecule has 0 saturated heterocycles. The molecule has 36 heavy (non-hydrogen) atoms. The summed E-state index contributed by atoms with van der Waals surface area (Å²) in [5.74, 6) is 0. The summed E-state index contributed by atoms with van der Waals surface area (Å²) in [7, 11) is -5.11. The Bertz CT molecular complexity index is 638. The van der Waals surface area contributed by atoms with Crippen LogP contribution in [0.1, 0.15) is 84.0 Å². The Morgan fingerprint density at radius 3 is 1.78 bits per heavy atom. The van der Waals surface area contributed by atoms with Gasteiger partial charge in [-0.3, -0.25) is 4.57 Å². The Labute approximate surface area is 214 Å². The normalized spacial score (nSPS) is 30.4. The lowest BCUT2D eigenvalue weighted by Crippen LogP contribution is -2.68. The van der Waals surface area contributed by atoms with Crippen molar-refractivity contribution in [2.45, 2.75) is 133 Å². The van der Waals surface area contributed by atoms with Crippen molar-refractivity contribution in [3.63, 3.8) is 0 Å². The van der Waals surface area contributed by atoms with Gasteiger partial charge in [0.15, 0.2) is 0 Å². The standard InChI is InChI=1S/C24H48NO10P/c1-2-3-4-5-6-7-8-9-10-11-12-13-14-15-18(26)17(25)16-34-36(32,33)35-24-22(30)20(28)19(27)21(29)23(24)31/h14-15,17-24,26-31H,2-13,16,25H2,1H3,(H,32,33)/b15-14+/t17-,18+,19?,20-,21?,22?,23?,24?/m0/s1. The summed E-state index contributed by atoms with van der Waals surface area (Å²) in [4.78, 5) is 12.1. The third kappa shape index (κ3) is 12.4. The van der Waals surface area contributed by atoms with Crippen LogP contribution in [-0.4, -0.2) is 86.0 Å². The summed E-state index contributed by atoms with van der Waals surface area (Å²) in [6, 6.07) is -0.844. The lowest BCUT2D eigenvalue weighted by atomic mass is 9.85. The molecule has 1 saturated carbocycles. The van der Waals surface area contributed by atoms with E-state index >= 15 is 0 Å². The van der Waals surface area contributed by atoms with E-state index in [-0.39, 0.29) is 0 Å². The highest BCUT2D eigenvalue weighted by Crippen LogP contribution is 2.43. The minimum atomic E-state index is -5.11. The average molecular weight is 542 g/mol. The maximum absolute atomic E-state index is 12.1. The number of rotatable bonds is 19. The van der Waals surface area contributed by atoms with Gasteiger partial charge in [0.2, 0.25) is 0 Å². The molecule has 1 fully saturated rings. The molecule has 214 valence electrons. The van der Waals surface area contributed by atoms with Crippen LogP contribution in [0, 0.1) is 0 Å². The Morgan fingerprint density at radius 1 is 0.833 bits per heavy atom. The van der Waals surface area contributed by atoms with Crippen molar-refractivity contribution in [3.8, 4) is 0 Å². The molecule has 9 N–H and O–H groups in total. The Balaban J connectivity index is 2.23. The summed E-state index contributed by atoms with van der Waals surface area (Å²) in [6.45, 7) is 1.69. The molecule has 0 aromatic heterocycles. The molecule has 0 aromatic rings. The van der Waals surface area contributed by atoms with Crippen LogP contribution in [-0.2, 0) is 13.6 Å². The molecule has 0 radical (unpaired) electrons. The van der Waals surface area contributed by atoms with Crippen LogP contribution < -0.4 is 10.6 Å². The van der Waals surface area contributed by atoms with Gasteiger partial charge in [-0.2, -0.15) is 0 Å². The maximum Gasteiger partial charge on any atom is 0.268 e. The number of aliphatic hydroxyl groups is 6. The molecule has 1 aliphatic rings. The molecule has 0 aliphatic heterocycles. The number of phosphoric ester groups is 1. The van der Waals surface area contributed by atoms with Gasteiger partial charge in [-0.25, -0.2) is 0 Å². The van der Waals surface area contributed by atoms with Gasteiger partial charge in [0.1, 0.15) is 55.4 Å². The largest absolute Gasteiger partial charge is 0.756 e. The summed E-state index contributed by atoms with van der Waals surface area (Å²) < 4.78 is 21.4. The zero-order valence-corrected chi connectivity index (χ0v) is 22.3. The lowest BCUT2D eigenvalue weighted by Gasteiger charge is -2.43. The third-order valence-electron chi connectivity index (χ3n) is 6.56. The first kappa shape index (κ1) is 33.6. The molecule has 0 aromatic carbocycles. The number of allylic oxidation sites excluding steroid dienone is 1. The second-order valence-corrected chi connectivity index (χ2v) is 11.1. The first-order chi connectivity index (χ1) is 17.0. The fourth-order valence-electron chi connectivity index (χ4n) is 4.11. The van der Waals surface area contributed by atoms with Gasteiger partial charge in [-0.05, 0) is 12.8 Å². The van der Waals surface area contributed by atoms with Crippen molar-refractivity contribution >= 4 is 7.82 Å². The van der Waals surface area contributed by atoms with Crippen LogP contribution >= 0.6 is 7.82 Å². The second-order valence-electron chi connectivity index (χ2n) is 9.77. The van der Waals surface area contributed by atoms with E-state index in [4.69, 9.17) is 4.52 Å². The van der Waals surface area contributed by atoms with Gasteiger partial charge >= 0.3 is 0 Å². The highest BCUT2D eigenvalue weighted by Gasteiger charge is 2.50.